The smallest absolute Gasteiger partial charge is 0.295 e. The molecule has 5 nitrogen and oxygen atoms in total. The number of rotatable bonds is 6. The number of ketones is 1. The van der Waals surface area contributed by atoms with Gasteiger partial charge in [-0.3, -0.25) is 9.59 Å². The number of ether oxygens (including phenoxy) is 1. The first-order valence-corrected chi connectivity index (χ1v) is 12.4. The summed E-state index contributed by atoms with van der Waals surface area (Å²) in [7, 11) is 1.63. The van der Waals surface area contributed by atoms with Gasteiger partial charge in [0.25, 0.3) is 11.7 Å². The number of nitrogens with zero attached hydrogens (tertiary/aromatic N) is 1. The van der Waals surface area contributed by atoms with Crippen molar-refractivity contribution in [1.82, 2.24) is 4.90 Å². The third-order valence-corrected chi connectivity index (χ3v) is 7.36. The molecule has 2 fully saturated rings. The molecule has 1 N–H and O–H groups in total. The normalized spacial score (nSPS) is 20.5. The number of aliphatic hydroxyl groups is 1. The van der Waals surface area contributed by atoms with Crippen LogP contribution in [0, 0.1) is 6.92 Å². The fraction of sp³-hybridized carbons (Fsp3) is 0.448. The highest BCUT2D eigenvalue weighted by atomic mass is 16.5. The van der Waals surface area contributed by atoms with Gasteiger partial charge in [0, 0.05) is 11.6 Å². The summed E-state index contributed by atoms with van der Waals surface area (Å²) in [5.41, 5.74) is 4.55. The van der Waals surface area contributed by atoms with Gasteiger partial charge in [-0.1, -0.05) is 57.9 Å². The molecule has 2 aliphatic rings. The Morgan fingerprint density at radius 1 is 1.12 bits per heavy atom. The number of benzene rings is 2. The number of amides is 1. The quantitative estimate of drug-likeness (QED) is 0.323. The van der Waals surface area contributed by atoms with E-state index >= 15 is 0 Å². The number of hydrogen-bond donors (Lipinski definition) is 1. The molecule has 1 saturated heterocycles. The van der Waals surface area contributed by atoms with Gasteiger partial charge in [0.05, 0.1) is 18.7 Å². The molecule has 1 unspecified atom stereocenters. The highest BCUT2D eigenvalue weighted by molar-refractivity contribution is 6.46. The van der Waals surface area contributed by atoms with E-state index in [0.717, 1.165) is 54.5 Å². The predicted octanol–water partition coefficient (Wildman–Crippen LogP) is 6.05. The first kappa shape index (κ1) is 24.1. The number of likely N-dealkylation sites (tertiary alicyclic amines) is 1. The van der Waals surface area contributed by atoms with Gasteiger partial charge in [-0.05, 0) is 66.5 Å². The van der Waals surface area contributed by atoms with Crippen LogP contribution in [0.15, 0.2) is 42.0 Å². The summed E-state index contributed by atoms with van der Waals surface area (Å²) >= 11 is 0. The second kappa shape index (κ2) is 9.65. The molecule has 34 heavy (non-hydrogen) atoms. The lowest BCUT2D eigenvalue weighted by atomic mass is 9.90. The number of Topliss-reactive ketones (excluding diaryl/α,β-unsaturated/α-hetero) is 1. The molecule has 2 aromatic rings. The maximum absolute atomic E-state index is 13.4. The molecule has 0 aromatic heterocycles. The third-order valence-electron chi connectivity index (χ3n) is 7.36. The van der Waals surface area contributed by atoms with Gasteiger partial charge in [0.2, 0.25) is 0 Å². The van der Waals surface area contributed by atoms with Crippen LogP contribution in [0.4, 0.5) is 0 Å². The molecule has 1 amide bonds. The maximum Gasteiger partial charge on any atom is 0.295 e. The summed E-state index contributed by atoms with van der Waals surface area (Å²) in [5, 5.41) is 11.6. The summed E-state index contributed by atoms with van der Waals surface area (Å²) in [6.45, 7) is 8.11. The zero-order chi connectivity index (χ0) is 24.6. The lowest BCUT2D eigenvalue weighted by molar-refractivity contribution is -0.141. The Bertz CT molecular complexity index is 1120. The minimum absolute atomic E-state index is 0.0146. The first-order chi connectivity index (χ1) is 16.3. The number of aryl methyl sites for hydroxylation is 2. The van der Waals surface area contributed by atoms with Crippen molar-refractivity contribution < 1.29 is 19.4 Å². The summed E-state index contributed by atoms with van der Waals surface area (Å²) in [6, 6.07) is 11.3. The monoisotopic (exact) mass is 461 g/mol. The van der Waals surface area contributed by atoms with E-state index in [4.69, 9.17) is 4.74 Å². The van der Waals surface area contributed by atoms with Crippen molar-refractivity contribution in [3.8, 4) is 5.75 Å². The number of aliphatic hydroxyl groups excluding tert-OH is 1. The molecular weight excluding hydrogens is 426 g/mol. The SMILES string of the molecule is CCc1ccc(C2/C(=C(\O)c3cc(C(C)C)c(OC)cc3C)C(=O)C(=O)N2C2CCCC2)cc1. The molecule has 1 heterocycles. The summed E-state index contributed by atoms with van der Waals surface area (Å²) in [5.74, 6) is -0.295. The van der Waals surface area contributed by atoms with E-state index in [1.165, 1.54) is 5.56 Å². The van der Waals surface area contributed by atoms with Gasteiger partial charge in [-0.15, -0.1) is 0 Å². The van der Waals surface area contributed by atoms with Gasteiger partial charge in [-0.25, -0.2) is 0 Å². The number of carbonyl (C=O) groups is 2. The second-order valence-electron chi connectivity index (χ2n) is 9.80. The van der Waals surface area contributed by atoms with Crippen molar-refractivity contribution in [1.29, 1.82) is 0 Å². The van der Waals surface area contributed by atoms with Crippen LogP contribution in [0.2, 0.25) is 0 Å². The van der Waals surface area contributed by atoms with Crippen molar-refractivity contribution in [2.45, 2.75) is 77.8 Å². The van der Waals surface area contributed by atoms with E-state index < -0.39 is 17.7 Å². The number of hydrogen-bond acceptors (Lipinski definition) is 4. The van der Waals surface area contributed by atoms with E-state index in [1.807, 2.05) is 43.3 Å². The van der Waals surface area contributed by atoms with Crippen molar-refractivity contribution in [3.05, 3.63) is 69.8 Å². The Labute approximate surface area is 202 Å². The second-order valence-corrected chi connectivity index (χ2v) is 9.80. The maximum atomic E-state index is 13.4. The Kier molecular flexibility index (Phi) is 6.83. The van der Waals surface area contributed by atoms with E-state index in [1.54, 1.807) is 12.0 Å². The summed E-state index contributed by atoms with van der Waals surface area (Å²) in [4.78, 5) is 28.5. The lowest BCUT2D eigenvalue weighted by Gasteiger charge is -2.31. The molecule has 0 radical (unpaired) electrons. The standard InChI is InChI=1S/C29H35NO4/c1-6-19-11-13-20(14-12-19)26-25(28(32)29(33)30(26)21-9-7-8-10-21)27(31)23-16-22(17(2)3)24(34-5)15-18(23)4/h11-17,21,26,31H,6-10H2,1-5H3/b27-25+. The van der Waals surface area contributed by atoms with Gasteiger partial charge in [0.1, 0.15) is 11.5 Å². The molecular formula is C29H35NO4. The zero-order valence-corrected chi connectivity index (χ0v) is 20.9. The van der Waals surface area contributed by atoms with Gasteiger partial charge >= 0.3 is 0 Å². The van der Waals surface area contributed by atoms with E-state index in [9.17, 15) is 14.7 Å². The van der Waals surface area contributed by atoms with Crippen LogP contribution in [-0.2, 0) is 16.0 Å². The molecule has 5 heteroatoms. The van der Waals surface area contributed by atoms with Crippen molar-refractivity contribution in [2.24, 2.45) is 0 Å². The summed E-state index contributed by atoms with van der Waals surface area (Å²) < 4.78 is 5.56. The highest BCUT2D eigenvalue weighted by Crippen LogP contribution is 2.44. The van der Waals surface area contributed by atoms with Gasteiger partial charge in [-0.2, -0.15) is 0 Å². The molecule has 1 saturated carbocycles. The van der Waals surface area contributed by atoms with Crippen LogP contribution in [0.5, 0.6) is 5.75 Å². The highest BCUT2D eigenvalue weighted by Gasteiger charge is 2.49. The topological polar surface area (TPSA) is 66.8 Å². The predicted molar refractivity (Wildman–Crippen MR) is 134 cm³/mol. The average molecular weight is 462 g/mol. The Morgan fingerprint density at radius 2 is 1.76 bits per heavy atom. The average Bonchev–Trinajstić information content (AvgIpc) is 3.45. The molecule has 2 aromatic carbocycles. The molecule has 1 atom stereocenters. The summed E-state index contributed by atoms with van der Waals surface area (Å²) in [6.07, 6.45) is 4.77. The zero-order valence-electron chi connectivity index (χ0n) is 20.9. The van der Waals surface area contributed by atoms with Crippen LogP contribution < -0.4 is 4.74 Å². The molecule has 1 aliphatic heterocycles. The Morgan fingerprint density at radius 3 is 2.32 bits per heavy atom. The fourth-order valence-corrected chi connectivity index (χ4v) is 5.40. The number of carbonyl (C=O) groups excluding carboxylic acids is 2. The first-order valence-electron chi connectivity index (χ1n) is 12.4. The van der Waals surface area contributed by atoms with E-state index in [2.05, 4.69) is 20.8 Å². The molecule has 1 aliphatic carbocycles. The fourth-order valence-electron chi connectivity index (χ4n) is 5.40. The number of methoxy groups -OCH3 is 1. The van der Waals surface area contributed by atoms with Gasteiger partial charge < -0.3 is 14.7 Å². The van der Waals surface area contributed by atoms with Crippen molar-refractivity contribution in [2.75, 3.05) is 7.11 Å². The van der Waals surface area contributed by atoms with Crippen LogP contribution >= 0.6 is 0 Å². The van der Waals surface area contributed by atoms with E-state index in [-0.39, 0.29) is 23.3 Å². The molecule has 180 valence electrons. The molecule has 4 rings (SSSR count). The van der Waals surface area contributed by atoms with Crippen LogP contribution in [0.1, 0.15) is 86.2 Å². The van der Waals surface area contributed by atoms with Crippen LogP contribution in [0.25, 0.3) is 5.76 Å². The van der Waals surface area contributed by atoms with Crippen molar-refractivity contribution >= 4 is 17.4 Å². The Hall–Kier alpha value is -3.08. The molecule has 0 bridgehead atoms. The van der Waals surface area contributed by atoms with Crippen LogP contribution in [0.3, 0.4) is 0 Å². The Balaban J connectivity index is 1.92. The lowest BCUT2D eigenvalue weighted by Crippen LogP contribution is -2.37. The van der Waals surface area contributed by atoms with Gasteiger partial charge in [0.15, 0.2) is 0 Å². The van der Waals surface area contributed by atoms with E-state index in [0.29, 0.717) is 5.56 Å². The largest absolute Gasteiger partial charge is 0.507 e. The third kappa shape index (κ3) is 4.13. The molecule has 0 spiro atoms. The van der Waals surface area contributed by atoms with Crippen molar-refractivity contribution in [3.63, 3.8) is 0 Å². The minimum atomic E-state index is -0.602. The minimum Gasteiger partial charge on any atom is -0.507 e. The van der Waals surface area contributed by atoms with Crippen LogP contribution in [-0.4, -0.2) is 34.8 Å².